The van der Waals surface area contributed by atoms with Crippen LogP contribution in [0.15, 0.2) is 0 Å². The van der Waals surface area contributed by atoms with E-state index in [0.717, 1.165) is 0 Å². The van der Waals surface area contributed by atoms with Gasteiger partial charge in [-0.05, 0) is 13.8 Å². The predicted molar refractivity (Wildman–Crippen MR) is 37.5 cm³/mol. The van der Waals surface area contributed by atoms with Crippen molar-refractivity contribution in [1.82, 2.24) is 0 Å². The molecule has 4 heteroatoms. The van der Waals surface area contributed by atoms with Gasteiger partial charge < -0.3 is 10.6 Å². The third kappa shape index (κ3) is 787. The molecular weight excluding hydrogens is 151 g/mol. The Morgan fingerprint density at radius 2 is 1.38 bits per heavy atom. The molecule has 0 fully saturated rings. The van der Waals surface area contributed by atoms with Crippen molar-refractivity contribution in [3.63, 3.8) is 0 Å². The number of aliphatic hydroxyl groups excluding tert-OH is 1. The van der Waals surface area contributed by atoms with Gasteiger partial charge in [-0.3, -0.25) is 0 Å². The maximum Gasteiger partial charge on any atom is 0.0967 e. The van der Waals surface area contributed by atoms with Gasteiger partial charge in [-0.2, -0.15) is 0 Å². The number of aliphatic hydroxyl groups is 1. The minimum absolute atomic E-state index is 0. The molecule has 0 aliphatic rings. The van der Waals surface area contributed by atoms with Gasteiger partial charge in [0, 0.05) is 6.10 Å². The van der Waals surface area contributed by atoms with E-state index >= 15 is 0 Å². The fourth-order valence-corrected chi connectivity index (χ4v) is 0. The fourth-order valence-electron chi connectivity index (χ4n) is 0. The molecule has 0 aromatic rings. The van der Waals surface area contributed by atoms with Crippen LogP contribution in [-0.2, 0) is 0 Å². The molecule has 0 unspecified atom stereocenters. The van der Waals surface area contributed by atoms with E-state index in [1.807, 2.05) is 0 Å². The number of halogens is 2. The third-order valence-corrected chi connectivity index (χ3v) is 0. The maximum atomic E-state index is 8.06. The van der Waals surface area contributed by atoms with Crippen molar-refractivity contribution < 1.29 is 10.6 Å². The summed E-state index contributed by atoms with van der Waals surface area (Å²) in [4.78, 5) is 0. The van der Waals surface area contributed by atoms with E-state index in [0.29, 0.717) is 0 Å². The quantitative estimate of drug-likeness (QED) is 0.531. The van der Waals surface area contributed by atoms with E-state index < -0.39 is 0 Å². The highest BCUT2D eigenvalue weighted by atomic mass is 35.5. The molecule has 0 amide bonds. The van der Waals surface area contributed by atoms with Crippen molar-refractivity contribution in [2.75, 3.05) is 5.34 Å². The summed E-state index contributed by atoms with van der Waals surface area (Å²) in [5.74, 6) is 0. The van der Waals surface area contributed by atoms with Gasteiger partial charge in [0.05, 0.1) is 5.34 Å². The summed E-state index contributed by atoms with van der Waals surface area (Å²) in [5, 5.41) is 8.25. The van der Waals surface area contributed by atoms with Crippen LogP contribution in [0.5, 0.6) is 0 Å². The molecule has 8 heavy (non-hydrogen) atoms. The van der Waals surface area contributed by atoms with Gasteiger partial charge in [-0.1, -0.05) is 0 Å². The zero-order valence-corrected chi connectivity index (χ0v) is 6.50. The molecule has 0 spiro atoms. The van der Waals surface area contributed by atoms with Crippen LogP contribution in [0.2, 0.25) is 0 Å². The van der Waals surface area contributed by atoms with Crippen LogP contribution < -0.4 is 0 Å². The first kappa shape index (κ1) is 15.8. The smallest absolute Gasteiger partial charge is 0.0967 e. The summed E-state index contributed by atoms with van der Waals surface area (Å²) >= 11 is 9.53. The minimum Gasteiger partial charge on any atom is -0.412 e. The van der Waals surface area contributed by atoms with E-state index in [-0.39, 0.29) is 16.9 Å². The number of hydrogen-bond acceptors (Lipinski definition) is 1. The normalized spacial score (nSPS) is 6.75. The molecule has 0 aliphatic carbocycles. The largest absolute Gasteiger partial charge is 0.412 e. The lowest BCUT2D eigenvalue weighted by Gasteiger charge is -1.80. The second-order valence-corrected chi connectivity index (χ2v) is 2.00. The van der Waals surface area contributed by atoms with Crippen molar-refractivity contribution in [3.05, 3.63) is 0 Å². The van der Waals surface area contributed by atoms with E-state index in [1.165, 1.54) is 0 Å². The molecule has 0 atom stereocenters. The topological polar surface area (TPSA) is 51.7 Å². The van der Waals surface area contributed by atoms with Gasteiger partial charge in [0.1, 0.15) is 0 Å². The first-order valence-corrected chi connectivity index (χ1v) is 3.02. The van der Waals surface area contributed by atoms with Crippen molar-refractivity contribution >= 4 is 23.2 Å². The van der Waals surface area contributed by atoms with Gasteiger partial charge in [-0.15, -0.1) is 23.2 Å². The Kier molecular flexibility index (Phi) is 30.9. The summed E-state index contributed by atoms with van der Waals surface area (Å²) in [5.41, 5.74) is 0. The van der Waals surface area contributed by atoms with Crippen LogP contribution in [0.3, 0.4) is 0 Å². The highest BCUT2D eigenvalue weighted by molar-refractivity contribution is 6.40. The number of alkyl halides is 2. The molecular formula is C4H12Cl2O2. The molecule has 0 aromatic carbocycles. The van der Waals surface area contributed by atoms with Gasteiger partial charge in [-0.25, -0.2) is 0 Å². The standard InChI is InChI=1S/C3H8O.CH2Cl2.H2O/c1-3(2)4;2-1-3;/h3-4H,1-2H3;1H2;1H2. The van der Waals surface area contributed by atoms with E-state index in [1.54, 1.807) is 13.8 Å². The Labute approximate surface area is 59.7 Å². The number of hydrogen-bond donors (Lipinski definition) is 1. The molecule has 0 saturated heterocycles. The van der Waals surface area contributed by atoms with Gasteiger partial charge >= 0.3 is 0 Å². The molecule has 54 valence electrons. The molecule has 0 aromatic heterocycles. The second-order valence-electron chi connectivity index (χ2n) is 1.19. The Balaban J connectivity index is -0.0000000575. The molecule has 2 nitrogen and oxygen atoms in total. The first-order valence-electron chi connectivity index (χ1n) is 1.95. The highest BCUT2D eigenvalue weighted by Crippen LogP contribution is 1.73. The Morgan fingerprint density at radius 1 is 1.38 bits per heavy atom. The molecule has 0 bridgehead atoms. The minimum atomic E-state index is -0.167. The summed E-state index contributed by atoms with van der Waals surface area (Å²) < 4.78 is 0. The average molecular weight is 163 g/mol. The van der Waals surface area contributed by atoms with Crippen LogP contribution in [0.25, 0.3) is 0 Å². The van der Waals surface area contributed by atoms with Crippen molar-refractivity contribution in [1.29, 1.82) is 0 Å². The Bertz CT molecular complexity index is 23.2. The monoisotopic (exact) mass is 162 g/mol. The van der Waals surface area contributed by atoms with Crippen LogP contribution in [0, 0.1) is 0 Å². The lowest BCUT2D eigenvalue weighted by molar-refractivity contribution is 0.216. The van der Waals surface area contributed by atoms with E-state index in [2.05, 4.69) is 0 Å². The predicted octanol–water partition coefficient (Wildman–Crippen LogP) is 0.984. The van der Waals surface area contributed by atoms with Crippen molar-refractivity contribution in [3.8, 4) is 0 Å². The molecule has 0 rings (SSSR count). The molecule has 3 N–H and O–H groups in total. The van der Waals surface area contributed by atoms with E-state index in [9.17, 15) is 0 Å². The average Bonchev–Trinajstić information content (AvgIpc) is 1.33. The summed E-state index contributed by atoms with van der Waals surface area (Å²) in [7, 11) is 0. The molecule has 0 saturated carbocycles. The van der Waals surface area contributed by atoms with Crippen LogP contribution >= 0.6 is 23.2 Å². The van der Waals surface area contributed by atoms with Gasteiger partial charge in [0.25, 0.3) is 0 Å². The Hall–Kier alpha value is 0.500. The summed E-state index contributed by atoms with van der Waals surface area (Å²) in [6, 6.07) is 0. The van der Waals surface area contributed by atoms with Crippen molar-refractivity contribution in [2.24, 2.45) is 0 Å². The lowest BCUT2D eigenvalue weighted by Crippen LogP contribution is -1.85. The van der Waals surface area contributed by atoms with Gasteiger partial charge in [0.2, 0.25) is 0 Å². The summed E-state index contributed by atoms with van der Waals surface area (Å²) in [6.45, 7) is 3.44. The van der Waals surface area contributed by atoms with Gasteiger partial charge in [0.15, 0.2) is 0 Å². The summed E-state index contributed by atoms with van der Waals surface area (Å²) in [6.07, 6.45) is -0.167. The second kappa shape index (κ2) is 15.6. The fraction of sp³-hybridized carbons (Fsp3) is 1.00. The van der Waals surface area contributed by atoms with Crippen LogP contribution in [-0.4, -0.2) is 22.0 Å². The SMILES string of the molecule is CC(C)O.ClCCl.O. The number of rotatable bonds is 0. The highest BCUT2D eigenvalue weighted by Gasteiger charge is 1.69. The first-order chi connectivity index (χ1) is 3.15. The maximum absolute atomic E-state index is 8.06. The van der Waals surface area contributed by atoms with Crippen LogP contribution in [0.4, 0.5) is 0 Å². The lowest BCUT2D eigenvalue weighted by atomic mass is 10.5. The zero-order valence-electron chi connectivity index (χ0n) is 4.99. The zero-order chi connectivity index (χ0) is 6.28. The molecule has 0 aliphatic heterocycles. The van der Waals surface area contributed by atoms with Crippen molar-refractivity contribution in [2.45, 2.75) is 20.0 Å². The Morgan fingerprint density at radius 3 is 1.38 bits per heavy atom. The van der Waals surface area contributed by atoms with E-state index in [4.69, 9.17) is 28.3 Å². The third-order valence-electron chi connectivity index (χ3n) is 0. The molecule has 0 radical (unpaired) electrons. The molecule has 0 heterocycles. The van der Waals surface area contributed by atoms with Crippen LogP contribution in [0.1, 0.15) is 13.8 Å².